The molecule has 0 bridgehead atoms. The number of fused-ring (bicyclic) bond motifs is 4. The van der Waals surface area contributed by atoms with E-state index in [0.717, 1.165) is 12.1 Å². The lowest BCUT2D eigenvalue weighted by Gasteiger charge is -2.03. The van der Waals surface area contributed by atoms with Crippen LogP contribution in [-0.4, -0.2) is 10.4 Å². The SMILES string of the molecule is CCn1c2ccccc2c2cc(/C=C3\Oc4ccccc4C3=O)ccc21. The number of ketones is 1. The van der Waals surface area contributed by atoms with Gasteiger partial charge in [0.1, 0.15) is 5.75 Å². The van der Waals surface area contributed by atoms with Crippen molar-refractivity contribution in [1.82, 2.24) is 4.57 Å². The zero-order valence-electron chi connectivity index (χ0n) is 14.4. The summed E-state index contributed by atoms with van der Waals surface area (Å²) in [5.74, 6) is 0.953. The number of allylic oxidation sites excluding steroid dienone is 1. The zero-order chi connectivity index (χ0) is 17.7. The van der Waals surface area contributed by atoms with Crippen molar-refractivity contribution in [2.75, 3.05) is 0 Å². The summed E-state index contributed by atoms with van der Waals surface area (Å²) in [7, 11) is 0. The van der Waals surface area contributed by atoms with Crippen LogP contribution < -0.4 is 4.74 Å². The molecule has 0 unspecified atom stereocenters. The van der Waals surface area contributed by atoms with Crippen LogP contribution in [0.5, 0.6) is 5.75 Å². The van der Waals surface area contributed by atoms with Crippen LogP contribution in [0.15, 0.2) is 72.5 Å². The van der Waals surface area contributed by atoms with E-state index < -0.39 is 0 Å². The molecule has 0 amide bonds. The van der Waals surface area contributed by atoms with Gasteiger partial charge in [0.2, 0.25) is 5.78 Å². The summed E-state index contributed by atoms with van der Waals surface area (Å²) in [6, 6.07) is 22.1. The number of Topliss-reactive ketones (excluding diaryl/α,β-unsaturated/α-hetero) is 1. The van der Waals surface area contributed by atoms with Crippen molar-refractivity contribution in [2.45, 2.75) is 13.5 Å². The minimum Gasteiger partial charge on any atom is -0.452 e. The van der Waals surface area contributed by atoms with Crippen LogP contribution in [0.3, 0.4) is 0 Å². The van der Waals surface area contributed by atoms with E-state index in [2.05, 4.69) is 47.9 Å². The summed E-state index contributed by atoms with van der Waals surface area (Å²) in [4.78, 5) is 12.5. The van der Waals surface area contributed by atoms with Gasteiger partial charge in [-0.15, -0.1) is 0 Å². The van der Waals surface area contributed by atoms with Crippen LogP contribution in [-0.2, 0) is 6.54 Å². The number of aromatic nitrogens is 1. The van der Waals surface area contributed by atoms with Gasteiger partial charge in [-0.3, -0.25) is 4.79 Å². The van der Waals surface area contributed by atoms with Gasteiger partial charge in [-0.25, -0.2) is 0 Å². The van der Waals surface area contributed by atoms with Crippen LogP contribution in [0.25, 0.3) is 27.9 Å². The van der Waals surface area contributed by atoms with E-state index in [0.29, 0.717) is 17.1 Å². The standard InChI is InChI=1S/C23H17NO2/c1-2-24-19-9-5-3-7-16(19)18-13-15(11-12-20(18)24)14-22-23(25)17-8-4-6-10-21(17)26-22/h3-14H,2H2,1H3/b22-14-. The van der Waals surface area contributed by atoms with E-state index in [9.17, 15) is 4.79 Å². The first-order chi connectivity index (χ1) is 12.8. The molecule has 3 heteroatoms. The van der Waals surface area contributed by atoms with Crippen LogP contribution in [0, 0.1) is 0 Å². The third-order valence-electron chi connectivity index (χ3n) is 4.99. The van der Waals surface area contributed by atoms with Gasteiger partial charge >= 0.3 is 0 Å². The molecule has 126 valence electrons. The fraction of sp³-hybridized carbons (Fsp3) is 0.0870. The number of aryl methyl sites for hydroxylation is 1. The average Bonchev–Trinajstić information content (AvgIpc) is 3.17. The number of hydrogen-bond donors (Lipinski definition) is 0. The van der Waals surface area contributed by atoms with Crippen LogP contribution in [0.2, 0.25) is 0 Å². The summed E-state index contributed by atoms with van der Waals surface area (Å²) in [6.45, 7) is 3.07. The molecule has 2 heterocycles. The third-order valence-corrected chi connectivity index (χ3v) is 4.99. The maximum Gasteiger partial charge on any atom is 0.231 e. The van der Waals surface area contributed by atoms with E-state index in [1.54, 1.807) is 6.07 Å². The molecule has 0 fully saturated rings. The van der Waals surface area contributed by atoms with Crippen LogP contribution in [0.4, 0.5) is 0 Å². The molecule has 1 aliphatic heterocycles. The van der Waals surface area contributed by atoms with Crippen molar-refractivity contribution in [3.8, 4) is 5.75 Å². The Morgan fingerprint density at radius 2 is 1.69 bits per heavy atom. The second-order valence-corrected chi connectivity index (χ2v) is 6.47. The molecule has 0 radical (unpaired) electrons. The predicted molar refractivity (Wildman–Crippen MR) is 104 cm³/mol. The summed E-state index contributed by atoms with van der Waals surface area (Å²) in [5.41, 5.74) is 4.03. The number of ether oxygens (including phenoxy) is 1. The lowest BCUT2D eigenvalue weighted by atomic mass is 10.1. The predicted octanol–water partition coefficient (Wildman–Crippen LogP) is 5.43. The van der Waals surface area contributed by atoms with Gasteiger partial charge in [0.15, 0.2) is 5.76 Å². The fourth-order valence-electron chi connectivity index (χ4n) is 3.79. The van der Waals surface area contributed by atoms with Gasteiger partial charge in [-0.1, -0.05) is 36.4 Å². The molecule has 4 aromatic rings. The Kier molecular flexibility index (Phi) is 3.22. The Morgan fingerprint density at radius 1 is 0.923 bits per heavy atom. The molecule has 3 aromatic carbocycles. The number of hydrogen-bond acceptors (Lipinski definition) is 2. The van der Waals surface area contributed by atoms with Crippen molar-refractivity contribution >= 4 is 33.7 Å². The molecular weight excluding hydrogens is 322 g/mol. The highest BCUT2D eigenvalue weighted by Crippen LogP contribution is 2.33. The minimum absolute atomic E-state index is 0.0586. The van der Waals surface area contributed by atoms with Gasteiger partial charge in [0.05, 0.1) is 5.56 Å². The van der Waals surface area contributed by atoms with E-state index in [1.807, 2.05) is 30.3 Å². The maximum atomic E-state index is 12.5. The quantitative estimate of drug-likeness (QED) is 0.456. The minimum atomic E-state index is -0.0586. The Bertz CT molecular complexity index is 1210. The molecule has 3 nitrogen and oxygen atoms in total. The summed E-state index contributed by atoms with van der Waals surface area (Å²) in [6.07, 6.45) is 1.83. The van der Waals surface area contributed by atoms with Gasteiger partial charge in [0, 0.05) is 28.4 Å². The molecule has 26 heavy (non-hydrogen) atoms. The van der Waals surface area contributed by atoms with E-state index in [4.69, 9.17) is 4.74 Å². The highest BCUT2D eigenvalue weighted by molar-refractivity contribution is 6.15. The molecule has 0 saturated carbocycles. The second-order valence-electron chi connectivity index (χ2n) is 6.47. The number of benzene rings is 3. The first kappa shape index (κ1) is 15.0. The number of carbonyl (C=O) groups is 1. The van der Waals surface area contributed by atoms with Crippen molar-refractivity contribution in [3.05, 3.63) is 83.6 Å². The smallest absolute Gasteiger partial charge is 0.231 e. The second kappa shape index (κ2) is 5.60. The number of rotatable bonds is 2. The van der Waals surface area contributed by atoms with Crippen molar-refractivity contribution in [2.24, 2.45) is 0 Å². The summed E-state index contributed by atoms with van der Waals surface area (Å²) >= 11 is 0. The highest BCUT2D eigenvalue weighted by Gasteiger charge is 2.26. The Balaban J connectivity index is 1.65. The number of nitrogens with zero attached hydrogens (tertiary/aromatic N) is 1. The van der Waals surface area contributed by atoms with Crippen molar-refractivity contribution in [1.29, 1.82) is 0 Å². The maximum absolute atomic E-state index is 12.5. The topological polar surface area (TPSA) is 31.2 Å². The van der Waals surface area contributed by atoms with E-state index >= 15 is 0 Å². The lowest BCUT2D eigenvalue weighted by molar-refractivity contribution is 0.101. The molecule has 0 N–H and O–H groups in total. The van der Waals surface area contributed by atoms with Gasteiger partial charge in [-0.2, -0.15) is 0 Å². The first-order valence-corrected chi connectivity index (χ1v) is 8.80. The summed E-state index contributed by atoms with van der Waals surface area (Å²) < 4.78 is 8.07. The lowest BCUT2D eigenvalue weighted by Crippen LogP contribution is -1.98. The molecule has 5 rings (SSSR count). The molecule has 1 aromatic heterocycles. The normalized spacial score (nSPS) is 15.0. The van der Waals surface area contributed by atoms with Gasteiger partial charge < -0.3 is 9.30 Å². The fourth-order valence-corrected chi connectivity index (χ4v) is 3.79. The molecular formula is C23H17NO2. The van der Waals surface area contributed by atoms with Gasteiger partial charge in [0.25, 0.3) is 0 Å². The molecule has 0 atom stereocenters. The number of para-hydroxylation sites is 2. The van der Waals surface area contributed by atoms with Crippen molar-refractivity contribution < 1.29 is 9.53 Å². The van der Waals surface area contributed by atoms with E-state index in [-0.39, 0.29) is 5.78 Å². The molecule has 0 spiro atoms. The highest BCUT2D eigenvalue weighted by atomic mass is 16.5. The summed E-state index contributed by atoms with van der Waals surface area (Å²) in [5, 5.41) is 2.42. The zero-order valence-corrected chi connectivity index (χ0v) is 14.4. The molecule has 0 aliphatic carbocycles. The van der Waals surface area contributed by atoms with Crippen LogP contribution >= 0.6 is 0 Å². The third kappa shape index (κ3) is 2.10. The Hall–Kier alpha value is -3.33. The first-order valence-electron chi connectivity index (χ1n) is 8.80. The molecule has 1 aliphatic rings. The Morgan fingerprint density at radius 3 is 2.54 bits per heavy atom. The van der Waals surface area contributed by atoms with Crippen LogP contribution in [0.1, 0.15) is 22.8 Å². The monoisotopic (exact) mass is 339 g/mol. The van der Waals surface area contributed by atoms with Gasteiger partial charge in [-0.05, 0) is 48.9 Å². The average molecular weight is 339 g/mol. The molecule has 0 saturated heterocycles. The Labute approximate surface area is 151 Å². The largest absolute Gasteiger partial charge is 0.452 e. The van der Waals surface area contributed by atoms with E-state index in [1.165, 1.54) is 21.8 Å². The van der Waals surface area contributed by atoms with Crippen molar-refractivity contribution in [3.63, 3.8) is 0 Å². The number of carbonyl (C=O) groups excluding carboxylic acids is 1.